The number of carbonyl (C=O) groups excluding carboxylic acids is 1. The fraction of sp³-hybridized carbons (Fsp3) is 0. The summed E-state index contributed by atoms with van der Waals surface area (Å²) in [6, 6.07) is 13.8. The Morgan fingerprint density at radius 3 is 2.44 bits per heavy atom. The molecule has 1 aromatic heterocycles. The smallest absolute Gasteiger partial charge is 0.257 e. The fourth-order valence-corrected chi connectivity index (χ4v) is 2.50. The largest absolute Gasteiger partial charge is 0.399 e. The van der Waals surface area contributed by atoms with E-state index in [2.05, 4.69) is 20.6 Å². The highest BCUT2D eigenvalue weighted by molar-refractivity contribution is 6.35. The zero-order valence-corrected chi connectivity index (χ0v) is 14.3. The van der Waals surface area contributed by atoms with Crippen LogP contribution < -0.4 is 16.4 Å². The van der Waals surface area contributed by atoms with Gasteiger partial charge in [0.05, 0.1) is 10.6 Å². The van der Waals surface area contributed by atoms with Crippen LogP contribution in [0.25, 0.3) is 0 Å². The van der Waals surface area contributed by atoms with Crippen molar-refractivity contribution in [3.63, 3.8) is 0 Å². The van der Waals surface area contributed by atoms with Crippen LogP contribution >= 0.6 is 23.2 Å². The van der Waals surface area contributed by atoms with Crippen LogP contribution in [-0.4, -0.2) is 15.9 Å². The third kappa shape index (κ3) is 3.99. The normalized spacial score (nSPS) is 10.3. The first-order chi connectivity index (χ1) is 12.0. The van der Waals surface area contributed by atoms with E-state index in [-0.39, 0.29) is 10.8 Å². The zero-order valence-electron chi connectivity index (χ0n) is 12.8. The average Bonchev–Trinajstić information content (AvgIpc) is 2.60. The molecule has 0 spiro atoms. The predicted octanol–water partition coefficient (Wildman–Crippen LogP) is 4.36. The number of hydrogen-bond acceptors (Lipinski definition) is 5. The molecule has 0 bridgehead atoms. The summed E-state index contributed by atoms with van der Waals surface area (Å²) in [5, 5.41) is 6.21. The molecule has 3 aromatic rings. The van der Waals surface area contributed by atoms with Gasteiger partial charge in [0, 0.05) is 11.4 Å². The lowest BCUT2D eigenvalue weighted by Crippen LogP contribution is -2.15. The standard InChI is InChI=1S/C17H13Cl2N5O/c18-13-4-2-1-3-12(13)17(25)24-14-15(19)21-9-22-16(14)23-11-7-5-10(20)6-8-11/h1-9H,20H2,(H,24,25)(H,21,22,23). The van der Waals surface area contributed by atoms with Crippen LogP contribution in [-0.2, 0) is 0 Å². The highest BCUT2D eigenvalue weighted by Crippen LogP contribution is 2.30. The molecule has 0 aliphatic heterocycles. The van der Waals surface area contributed by atoms with Crippen molar-refractivity contribution in [2.24, 2.45) is 0 Å². The molecule has 0 aliphatic rings. The molecular weight excluding hydrogens is 361 g/mol. The molecule has 25 heavy (non-hydrogen) atoms. The molecule has 6 nitrogen and oxygen atoms in total. The number of benzene rings is 2. The van der Waals surface area contributed by atoms with E-state index in [0.29, 0.717) is 22.1 Å². The monoisotopic (exact) mass is 373 g/mol. The molecule has 126 valence electrons. The average molecular weight is 374 g/mol. The van der Waals surface area contributed by atoms with E-state index in [1.807, 2.05) is 0 Å². The lowest BCUT2D eigenvalue weighted by atomic mass is 10.2. The van der Waals surface area contributed by atoms with Crippen molar-refractivity contribution in [3.05, 3.63) is 70.6 Å². The van der Waals surface area contributed by atoms with Crippen molar-refractivity contribution < 1.29 is 4.79 Å². The van der Waals surface area contributed by atoms with Gasteiger partial charge in [-0.1, -0.05) is 35.3 Å². The molecule has 2 aromatic carbocycles. The maximum absolute atomic E-state index is 12.5. The summed E-state index contributed by atoms with van der Waals surface area (Å²) < 4.78 is 0. The molecule has 0 unspecified atom stereocenters. The van der Waals surface area contributed by atoms with Gasteiger partial charge in [0.2, 0.25) is 0 Å². The lowest BCUT2D eigenvalue weighted by Gasteiger charge is -2.13. The Balaban J connectivity index is 1.89. The van der Waals surface area contributed by atoms with Gasteiger partial charge in [0.25, 0.3) is 5.91 Å². The van der Waals surface area contributed by atoms with Crippen LogP contribution in [0.3, 0.4) is 0 Å². The fourth-order valence-electron chi connectivity index (χ4n) is 2.10. The van der Waals surface area contributed by atoms with Crippen LogP contribution in [0.1, 0.15) is 10.4 Å². The summed E-state index contributed by atoms with van der Waals surface area (Å²) in [5.41, 5.74) is 7.62. The van der Waals surface area contributed by atoms with Crippen LogP contribution in [0, 0.1) is 0 Å². The number of rotatable bonds is 4. The number of nitrogens with one attached hydrogen (secondary N) is 2. The SMILES string of the molecule is Nc1ccc(Nc2ncnc(Cl)c2NC(=O)c2ccccc2Cl)cc1. The van der Waals surface area contributed by atoms with Gasteiger partial charge in [-0.25, -0.2) is 9.97 Å². The minimum absolute atomic E-state index is 0.105. The van der Waals surface area contributed by atoms with Crippen molar-refractivity contribution in [3.8, 4) is 0 Å². The first-order valence-corrected chi connectivity index (χ1v) is 7.99. The minimum atomic E-state index is -0.414. The molecule has 0 atom stereocenters. The highest BCUT2D eigenvalue weighted by atomic mass is 35.5. The van der Waals surface area contributed by atoms with E-state index in [4.69, 9.17) is 28.9 Å². The van der Waals surface area contributed by atoms with Gasteiger partial charge in [0.1, 0.15) is 12.0 Å². The van der Waals surface area contributed by atoms with Crippen LogP contribution in [0.15, 0.2) is 54.9 Å². The maximum atomic E-state index is 12.5. The minimum Gasteiger partial charge on any atom is -0.399 e. The Kier molecular flexibility index (Phi) is 5.02. The number of carbonyl (C=O) groups is 1. The second kappa shape index (κ2) is 7.38. The van der Waals surface area contributed by atoms with Crippen LogP contribution in [0.4, 0.5) is 22.9 Å². The number of halogens is 2. The molecule has 0 saturated carbocycles. The number of amides is 1. The van der Waals surface area contributed by atoms with Gasteiger partial charge in [0.15, 0.2) is 11.0 Å². The summed E-state index contributed by atoms with van der Waals surface area (Å²) >= 11 is 12.2. The van der Waals surface area contributed by atoms with Gasteiger partial charge < -0.3 is 16.4 Å². The summed E-state index contributed by atoms with van der Waals surface area (Å²) in [4.78, 5) is 20.5. The third-order valence-electron chi connectivity index (χ3n) is 3.33. The van der Waals surface area contributed by atoms with Crippen molar-refractivity contribution in [1.82, 2.24) is 9.97 Å². The first-order valence-electron chi connectivity index (χ1n) is 7.23. The van der Waals surface area contributed by atoms with Crippen molar-refractivity contribution >= 4 is 52.0 Å². The van der Waals surface area contributed by atoms with E-state index in [9.17, 15) is 4.79 Å². The number of nitrogens with zero attached hydrogens (tertiary/aromatic N) is 2. The Bertz CT molecular complexity index is 915. The molecule has 0 saturated heterocycles. The van der Waals surface area contributed by atoms with E-state index >= 15 is 0 Å². The molecule has 0 aliphatic carbocycles. The van der Waals surface area contributed by atoms with Crippen LogP contribution in [0.2, 0.25) is 10.2 Å². The van der Waals surface area contributed by atoms with Crippen LogP contribution in [0.5, 0.6) is 0 Å². The van der Waals surface area contributed by atoms with Gasteiger partial charge in [-0.3, -0.25) is 4.79 Å². The number of anilines is 4. The summed E-state index contributed by atoms with van der Waals surface area (Å²) in [6.45, 7) is 0. The first kappa shape index (κ1) is 17.0. The Morgan fingerprint density at radius 1 is 1.00 bits per heavy atom. The number of nitrogens with two attached hydrogens (primary N) is 1. The molecule has 1 amide bonds. The van der Waals surface area contributed by atoms with E-state index < -0.39 is 5.91 Å². The highest BCUT2D eigenvalue weighted by Gasteiger charge is 2.16. The van der Waals surface area contributed by atoms with Gasteiger partial charge in [-0.05, 0) is 36.4 Å². The Morgan fingerprint density at radius 2 is 1.72 bits per heavy atom. The molecule has 0 fully saturated rings. The summed E-state index contributed by atoms with van der Waals surface area (Å²) in [6.07, 6.45) is 1.30. The summed E-state index contributed by atoms with van der Waals surface area (Å²) in [7, 11) is 0. The maximum Gasteiger partial charge on any atom is 0.257 e. The second-order valence-corrected chi connectivity index (χ2v) is 5.83. The van der Waals surface area contributed by atoms with Gasteiger partial charge in [-0.2, -0.15) is 0 Å². The molecule has 3 rings (SSSR count). The molecule has 4 N–H and O–H groups in total. The number of nitrogen functional groups attached to an aromatic ring is 1. The van der Waals surface area contributed by atoms with Crippen molar-refractivity contribution in [2.75, 3.05) is 16.4 Å². The second-order valence-electron chi connectivity index (χ2n) is 5.07. The van der Waals surface area contributed by atoms with E-state index in [1.165, 1.54) is 6.33 Å². The van der Waals surface area contributed by atoms with E-state index in [1.54, 1.807) is 48.5 Å². The third-order valence-corrected chi connectivity index (χ3v) is 3.95. The quantitative estimate of drug-likeness (QED) is 0.466. The lowest BCUT2D eigenvalue weighted by molar-refractivity contribution is 0.102. The molecular formula is C17H13Cl2N5O. The molecule has 8 heteroatoms. The van der Waals surface area contributed by atoms with E-state index in [0.717, 1.165) is 5.69 Å². The van der Waals surface area contributed by atoms with Gasteiger partial charge >= 0.3 is 0 Å². The predicted molar refractivity (Wildman–Crippen MR) is 101 cm³/mol. The Labute approximate surface area is 154 Å². The Hall–Kier alpha value is -2.83. The number of hydrogen-bond donors (Lipinski definition) is 3. The summed E-state index contributed by atoms with van der Waals surface area (Å²) in [5.74, 6) is -0.0622. The van der Waals surface area contributed by atoms with Crippen molar-refractivity contribution in [1.29, 1.82) is 0 Å². The molecule has 0 radical (unpaired) electrons. The van der Waals surface area contributed by atoms with Crippen molar-refractivity contribution in [2.45, 2.75) is 0 Å². The topological polar surface area (TPSA) is 92.9 Å². The van der Waals surface area contributed by atoms with Gasteiger partial charge in [-0.15, -0.1) is 0 Å². The number of aromatic nitrogens is 2. The molecule has 1 heterocycles. The zero-order chi connectivity index (χ0) is 17.8.